The Labute approximate surface area is 190 Å². The van der Waals surface area contributed by atoms with E-state index in [9.17, 15) is 0 Å². The summed E-state index contributed by atoms with van der Waals surface area (Å²) in [6.07, 6.45) is 4.20. The van der Waals surface area contributed by atoms with Gasteiger partial charge < -0.3 is 19.7 Å². The maximum absolute atomic E-state index is 6.08. The minimum atomic E-state index is 0. The van der Waals surface area contributed by atoms with Gasteiger partial charge in [-0.15, -0.1) is 24.0 Å². The number of aromatic nitrogens is 1. The summed E-state index contributed by atoms with van der Waals surface area (Å²) in [6.45, 7) is 6.53. The van der Waals surface area contributed by atoms with Gasteiger partial charge >= 0.3 is 0 Å². The first kappa shape index (κ1) is 23.3. The number of hydrogen-bond donors (Lipinski definition) is 1. The summed E-state index contributed by atoms with van der Waals surface area (Å²) in [4.78, 5) is 11.1. The van der Waals surface area contributed by atoms with E-state index in [4.69, 9.17) is 9.47 Å². The van der Waals surface area contributed by atoms with Crippen LogP contribution in [0.2, 0.25) is 0 Å². The number of nitrogens with one attached hydrogen (secondary N) is 1. The normalized spacial score (nSPS) is 15.0. The molecule has 3 rings (SSSR count). The van der Waals surface area contributed by atoms with Gasteiger partial charge in [0.15, 0.2) is 5.96 Å². The molecule has 2 heterocycles. The lowest BCUT2D eigenvalue weighted by atomic mass is 10.1. The van der Waals surface area contributed by atoms with Crippen molar-refractivity contribution >= 4 is 29.9 Å². The van der Waals surface area contributed by atoms with Gasteiger partial charge in [-0.3, -0.25) is 4.99 Å². The number of rotatable bonds is 6. The molecule has 29 heavy (non-hydrogen) atoms. The van der Waals surface area contributed by atoms with E-state index in [0.29, 0.717) is 12.4 Å². The zero-order valence-electron chi connectivity index (χ0n) is 17.4. The molecule has 1 fully saturated rings. The van der Waals surface area contributed by atoms with Crippen LogP contribution in [0.15, 0.2) is 53.7 Å². The maximum Gasteiger partial charge on any atom is 0.213 e. The van der Waals surface area contributed by atoms with Crippen molar-refractivity contribution < 1.29 is 9.47 Å². The second kappa shape index (κ2) is 11.8. The van der Waals surface area contributed by atoms with Crippen molar-refractivity contribution in [3.8, 4) is 11.6 Å². The molecule has 1 aliphatic rings. The molecule has 0 unspecified atom stereocenters. The Hall–Kier alpha value is -2.03. The number of hydrogen-bond acceptors (Lipinski definition) is 4. The van der Waals surface area contributed by atoms with Gasteiger partial charge in [-0.05, 0) is 31.5 Å². The van der Waals surface area contributed by atoms with Gasteiger partial charge in [-0.1, -0.05) is 24.3 Å². The SMILES string of the molecule is CN=C(NCc1ccc(OC(C)C)nc1)N1CCC(Oc2ccccc2)CC1.I. The summed E-state index contributed by atoms with van der Waals surface area (Å²) in [6, 6.07) is 14.0. The molecular formula is C22H31IN4O2. The van der Waals surface area contributed by atoms with Gasteiger partial charge in [0, 0.05) is 51.8 Å². The fraction of sp³-hybridized carbons (Fsp3) is 0.455. The number of likely N-dealkylation sites (tertiary alicyclic amines) is 1. The predicted octanol–water partition coefficient (Wildman–Crippen LogP) is 4.11. The fourth-order valence-electron chi connectivity index (χ4n) is 3.22. The number of para-hydroxylation sites is 1. The van der Waals surface area contributed by atoms with Crippen molar-refractivity contribution in [2.24, 2.45) is 4.99 Å². The van der Waals surface area contributed by atoms with E-state index in [1.807, 2.05) is 69.6 Å². The molecule has 1 aromatic heterocycles. The molecular weight excluding hydrogens is 479 g/mol. The molecule has 6 nitrogen and oxygen atoms in total. The van der Waals surface area contributed by atoms with Gasteiger partial charge in [0.05, 0.1) is 6.10 Å². The van der Waals surface area contributed by atoms with E-state index in [1.165, 1.54) is 0 Å². The van der Waals surface area contributed by atoms with Crippen LogP contribution < -0.4 is 14.8 Å². The molecule has 0 saturated carbocycles. The van der Waals surface area contributed by atoms with E-state index in [1.54, 1.807) is 0 Å². The number of ether oxygens (including phenoxy) is 2. The average molecular weight is 510 g/mol. The monoisotopic (exact) mass is 510 g/mol. The van der Waals surface area contributed by atoms with Gasteiger partial charge in [0.25, 0.3) is 0 Å². The van der Waals surface area contributed by atoms with Crippen molar-refractivity contribution in [2.75, 3.05) is 20.1 Å². The van der Waals surface area contributed by atoms with Crippen molar-refractivity contribution in [2.45, 2.75) is 45.4 Å². The maximum atomic E-state index is 6.08. The van der Waals surface area contributed by atoms with Crippen LogP contribution in [0.25, 0.3) is 0 Å². The van der Waals surface area contributed by atoms with Crippen LogP contribution in [-0.4, -0.2) is 48.2 Å². The first-order valence-corrected chi connectivity index (χ1v) is 9.93. The molecule has 1 aliphatic heterocycles. The Balaban J connectivity index is 0.00000300. The van der Waals surface area contributed by atoms with Crippen LogP contribution in [0.3, 0.4) is 0 Å². The summed E-state index contributed by atoms with van der Waals surface area (Å²) in [5, 5.41) is 3.43. The molecule has 0 bridgehead atoms. The quantitative estimate of drug-likeness (QED) is 0.360. The molecule has 0 amide bonds. The van der Waals surface area contributed by atoms with Crippen molar-refractivity contribution in [1.29, 1.82) is 0 Å². The Morgan fingerprint density at radius 1 is 1.17 bits per heavy atom. The first-order valence-electron chi connectivity index (χ1n) is 9.93. The zero-order valence-corrected chi connectivity index (χ0v) is 19.7. The summed E-state index contributed by atoms with van der Waals surface area (Å²) in [5.41, 5.74) is 1.10. The summed E-state index contributed by atoms with van der Waals surface area (Å²) in [5.74, 6) is 2.52. The number of benzene rings is 1. The highest BCUT2D eigenvalue weighted by molar-refractivity contribution is 14.0. The molecule has 1 aromatic carbocycles. The smallest absolute Gasteiger partial charge is 0.213 e. The van der Waals surface area contributed by atoms with E-state index in [-0.39, 0.29) is 36.2 Å². The van der Waals surface area contributed by atoms with E-state index in [0.717, 1.165) is 43.2 Å². The Kier molecular flexibility index (Phi) is 9.50. The van der Waals surface area contributed by atoms with Gasteiger partial charge in [-0.25, -0.2) is 4.98 Å². The fourth-order valence-corrected chi connectivity index (χ4v) is 3.22. The van der Waals surface area contributed by atoms with Crippen LogP contribution in [0.5, 0.6) is 11.6 Å². The molecule has 7 heteroatoms. The molecule has 1 saturated heterocycles. The Morgan fingerprint density at radius 2 is 1.90 bits per heavy atom. The number of nitrogens with zero attached hydrogens (tertiary/aromatic N) is 3. The Bertz CT molecular complexity index is 745. The molecule has 1 N–H and O–H groups in total. The summed E-state index contributed by atoms with van der Waals surface area (Å²) < 4.78 is 11.7. The third kappa shape index (κ3) is 7.38. The van der Waals surface area contributed by atoms with Crippen LogP contribution in [0, 0.1) is 0 Å². The highest BCUT2D eigenvalue weighted by atomic mass is 127. The lowest BCUT2D eigenvalue weighted by molar-refractivity contribution is 0.129. The van der Waals surface area contributed by atoms with Crippen molar-refractivity contribution in [1.82, 2.24) is 15.2 Å². The Morgan fingerprint density at radius 3 is 2.48 bits per heavy atom. The number of pyridine rings is 1. The average Bonchev–Trinajstić information content (AvgIpc) is 2.71. The topological polar surface area (TPSA) is 59.0 Å². The lowest BCUT2D eigenvalue weighted by Crippen LogP contribution is -2.47. The molecule has 2 aromatic rings. The molecule has 0 spiro atoms. The van der Waals surface area contributed by atoms with E-state index < -0.39 is 0 Å². The second-order valence-corrected chi connectivity index (χ2v) is 7.19. The molecule has 0 atom stereocenters. The molecule has 0 radical (unpaired) electrons. The number of aliphatic imine (C=N–C) groups is 1. The van der Waals surface area contributed by atoms with Crippen LogP contribution in [0.1, 0.15) is 32.3 Å². The van der Waals surface area contributed by atoms with Gasteiger partial charge in [0.2, 0.25) is 5.88 Å². The second-order valence-electron chi connectivity index (χ2n) is 7.19. The molecule has 0 aliphatic carbocycles. The zero-order chi connectivity index (χ0) is 19.8. The van der Waals surface area contributed by atoms with Crippen LogP contribution in [0.4, 0.5) is 0 Å². The minimum absolute atomic E-state index is 0. The van der Waals surface area contributed by atoms with Crippen LogP contribution >= 0.6 is 24.0 Å². The third-order valence-electron chi connectivity index (χ3n) is 4.60. The summed E-state index contributed by atoms with van der Waals surface area (Å²) in [7, 11) is 1.83. The van der Waals surface area contributed by atoms with Crippen molar-refractivity contribution in [3.63, 3.8) is 0 Å². The van der Waals surface area contributed by atoms with E-state index >= 15 is 0 Å². The third-order valence-corrected chi connectivity index (χ3v) is 4.60. The molecule has 158 valence electrons. The van der Waals surface area contributed by atoms with Gasteiger partial charge in [0.1, 0.15) is 11.9 Å². The minimum Gasteiger partial charge on any atom is -0.490 e. The van der Waals surface area contributed by atoms with E-state index in [2.05, 4.69) is 20.2 Å². The largest absolute Gasteiger partial charge is 0.490 e. The standard InChI is InChI=1S/C22H30N4O2.HI/c1-17(2)27-21-10-9-18(15-24-21)16-25-22(23-3)26-13-11-20(12-14-26)28-19-7-5-4-6-8-19;/h4-10,15,17,20H,11-14,16H2,1-3H3,(H,23,25);1H. The number of guanidine groups is 1. The first-order chi connectivity index (χ1) is 13.6. The lowest BCUT2D eigenvalue weighted by Gasteiger charge is -2.34. The number of piperidine rings is 1. The highest BCUT2D eigenvalue weighted by Gasteiger charge is 2.22. The highest BCUT2D eigenvalue weighted by Crippen LogP contribution is 2.18. The van der Waals surface area contributed by atoms with Crippen LogP contribution in [-0.2, 0) is 6.54 Å². The number of halogens is 1. The predicted molar refractivity (Wildman–Crippen MR) is 127 cm³/mol. The van der Waals surface area contributed by atoms with Crippen molar-refractivity contribution in [3.05, 3.63) is 54.2 Å². The summed E-state index contributed by atoms with van der Waals surface area (Å²) >= 11 is 0. The van der Waals surface area contributed by atoms with Gasteiger partial charge in [-0.2, -0.15) is 0 Å².